The van der Waals surface area contributed by atoms with Crippen molar-refractivity contribution in [2.45, 2.75) is 104 Å². The summed E-state index contributed by atoms with van der Waals surface area (Å²) >= 11 is 0. The molecule has 0 aliphatic carbocycles. The van der Waals surface area contributed by atoms with E-state index in [4.69, 9.17) is 15.2 Å². The molecule has 51 heavy (non-hydrogen) atoms. The summed E-state index contributed by atoms with van der Waals surface area (Å²) < 4.78 is 14.6. The Morgan fingerprint density at radius 1 is 0.745 bits per heavy atom. The van der Waals surface area contributed by atoms with E-state index in [9.17, 15) is 24.0 Å². The number of unbranched alkanes of at least 4 members (excludes halogenated alkanes) is 4. The Hall–Kier alpha value is -4.65. The fraction of sp³-hybridized carbons (Fsp3) is 0.553. The van der Waals surface area contributed by atoms with Crippen LogP contribution >= 0.6 is 0 Å². The standard InChI is InChI=1S/C19H30N2O3.C15H18N2O5.C4H11N/c1-3-4-13-20-18(22)16(2)10-8-9-14-21-19(23)24-15-17-11-6-5-7-12-17;18-13-12(17-15(20)22-13)8-4-5-9-16-14(19)21-10-11-6-2-1-3-7-11;1-2-3-4-5/h5-7,11-12,16H,3-4,8-10,13-15H2,1-2H3,(H,20,22)(H,21,23);1-3,6-7,12H,4-5,8-10H2,(H,16,19)(H,17,20);2-5H2,1H3. The minimum absolute atomic E-state index is 0.0203. The van der Waals surface area contributed by atoms with Crippen molar-refractivity contribution in [2.24, 2.45) is 11.7 Å². The van der Waals surface area contributed by atoms with Crippen LogP contribution in [0.4, 0.5) is 14.4 Å². The molecular weight excluding hydrogens is 654 g/mol. The maximum absolute atomic E-state index is 11.8. The number of rotatable bonds is 20. The summed E-state index contributed by atoms with van der Waals surface area (Å²) in [5.41, 5.74) is 7.03. The molecule has 3 rings (SSSR count). The van der Waals surface area contributed by atoms with Crippen molar-refractivity contribution in [3.05, 3.63) is 71.8 Å². The van der Waals surface area contributed by atoms with Gasteiger partial charge in [-0.2, -0.15) is 0 Å². The Labute approximate surface area is 303 Å². The molecule has 4 amide bonds. The number of alkyl carbamates (subject to hydrolysis) is 3. The zero-order chi connectivity index (χ0) is 37.5. The molecule has 2 unspecified atom stereocenters. The van der Waals surface area contributed by atoms with E-state index in [0.29, 0.717) is 32.4 Å². The molecule has 1 heterocycles. The van der Waals surface area contributed by atoms with Gasteiger partial charge in [0.15, 0.2) is 0 Å². The number of nitrogens with two attached hydrogens (primary N) is 1. The molecule has 0 aromatic heterocycles. The van der Waals surface area contributed by atoms with Gasteiger partial charge in [-0.15, -0.1) is 0 Å². The van der Waals surface area contributed by atoms with Crippen molar-refractivity contribution in [1.82, 2.24) is 21.3 Å². The van der Waals surface area contributed by atoms with Gasteiger partial charge in [-0.25, -0.2) is 19.2 Å². The number of amides is 4. The maximum atomic E-state index is 11.8. The largest absolute Gasteiger partial charge is 0.445 e. The number of carbonyl (C=O) groups is 5. The molecular formula is C38H59N5O8. The van der Waals surface area contributed by atoms with Gasteiger partial charge < -0.3 is 41.2 Å². The van der Waals surface area contributed by atoms with Crippen LogP contribution in [0.1, 0.15) is 96.1 Å². The van der Waals surface area contributed by atoms with Crippen molar-refractivity contribution in [3.8, 4) is 0 Å². The van der Waals surface area contributed by atoms with Gasteiger partial charge in [0.2, 0.25) is 5.91 Å². The monoisotopic (exact) mass is 713 g/mol. The van der Waals surface area contributed by atoms with Gasteiger partial charge in [0.1, 0.15) is 19.3 Å². The van der Waals surface area contributed by atoms with Crippen LogP contribution in [0.15, 0.2) is 60.7 Å². The molecule has 1 aliphatic heterocycles. The van der Waals surface area contributed by atoms with Crippen LogP contribution in [0.2, 0.25) is 0 Å². The highest BCUT2D eigenvalue weighted by atomic mass is 16.6. The van der Waals surface area contributed by atoms with Crippen molar-refractivity contribution in [2.75, 3.05) is 26.2 Å². The zero-order valence-electron chi connectivity index (χ0n) is 30.6. The summed E-state index contributed by atoms with van der Waals surface area (Å²) in [6.45, 7) is 9.31. The first kappa shape index (κ1) is 44.4. The second-order valence-electron chi connectivity index (χ2n) is 12.1. The molecule has 13 nitrogen and oxygen atoms in total. The average Bonchev–Trinajstić information content (AvgIpc) is 3.47. The molecule has 1 aliphatic rings. The Bertz CT molecular complexity index is 1250. The third-order valence-electron chi connectivity index (χ3n) is 7.55. The molecule has 0 radical (unpaired) electrons. The molecule has 284 valence electrons. The lowest BCUT2D eigenvalue weighted by molar-refractivity contribution is -0.135. The van der Waals surface area contributed by atoms with Crippen LogP contribution in [0.3, 0.4) is 0 Å². The lowest BCUT2D eigenvalue weighted by Gasteiger charge is -2.12. The van der Waals surface area contributed by atoms with Crippen LogP contribution in [-0.4, -0.2) is 62.4 Å². The van der Waals surface area contributed by atoms with E-state index < -0.39 is 30.3 Å². The Balaban J connectivity index is 0.000000451. The van der Waals surface area contributed by atoms with E-state index in [1.807, 2.05) is 67.6 Å². The number of cyclic esters (lactones) is 2. The van der Waals surface area contributed by atoms with Gasteiger partial charge in [0, 0.05) is 25.6 Å². The number of esters is 1. The summed E-state index contributed by atoms with van der Waals surface area (Å²) in [7, 11) is 0. The number of hydrogen-bond donors (Lipinski definition) is 5. The lowest BCUT2D eigenvalue weighted by Crippen LogP contribution is -2.30. The predicted molar refractivity (Wildman–Crippen MR) is 196 cm³/mol. The first-order chi connectivity index (χ1) is 24.7. The highest BCUT2D eigenvalue weighted by Crippen LogP contribution is 2.09. The lowest BCUT2D eigenvalue weighted by atomic mass is 10.0. The maximum Gasteiger partial charge on any atom is 0.415 e. The summed E-state index contributed by atoms with van der Waals surface area (Å²) in [4.78, 5) is 56.8. The van der Waals surface area contributed by atoms with Crippen molar-refractivity contribution in [1.29, 1.82) is 0 Å². The summed E-state index contributed by atoms with van der Waals surface area (Å²) in [6.07, 6.45) is 7.35. The third kappa shape index (κ3) is 23.4. The van der Waals surface area contributed by atoms with Crippen LogP contribution < -0.4 is 27.0 Å². The number of carbonyl (C=O) groups excluding carboxylic acids is 5. The third-order valence-corrected chi connectivity index (χ3v) is 7.55. The predicted octanol–water partition coefficient (Wildman–Crippen LogP) is 6.10. The number of hydrogen-bond acceptors (Lipinski definition) is 9. The molecule has 13 heteroatoms. The van der Waals surface area contributed by atoms with Crippen LogP contribution in [0.25, 0.3) is 0 Å². The molecule has 1 saturated heterocycles. The van der Waals surface area contributed by atoms with Crippen LogP contribution in [0, 0.1) is 5.92 Å². The van der Waals surface area contributed by atoms with Crippen LogP contribution in [0.5, 0.6) is 0 Å². The second-order valence-corrected chi connectivity index (χ2v) is 12.1. The minimum atomic E-state index is -0.697. The Morgan fingerprint density at radius 2 is 1.25 bits per heavy atom. The topological polar surface area (TPSA) is 187 Å². The smallest absolute Gasteiger partial charge is 0.415 e. The van der Waals surface area contributed by atoms with Gasteiger partial charge in [0.05, 0.1) is 0 Å². The van der Waals surface area contributed by atoms with Crippen molar-refractivity contribution >= 4 is 30.2 Å². The normalized spacial score (nSPS) is 13.5. The van der Waals surface area contributed by atoms with E-state index in [1.54, 1.807) is 0 Å². The van der Waals surface area contributed by atoms with Crippen molar-refractivity contribution < 1.29 is 38.2 Å². The quantitative estimate of drug-likeness (QED) is 0.0468. The molecule has 2 atom stereocenters. The minimum Gasteiger partial charge on any atom is -0.445 e. The van der Waals surface area contributed by atoms with Gasteiger partial charge in [-0.3, -0.25) is 4.79 Å². The van der Waals surface area contributed by atoms with Crippen molar-refractivity contribution in [3.63, 3.8) is 0 Å². The first-order valence-electron chi connectivity index (χ1n) is 18.1. The number of nitrogens with one attached hydrogen (secondary N) is 4. The average molecular weight is 714 g/mol. The summed E-state index contributed by atoms with van der Waals surface area (Å²) in [6, 6.07) is 18.4. The SMILES string of the molecule is CCCCN.CCCCNC(=O)C(C)CCCCNC(=O)OCc1ccccc1.O=C(NCCCCC1NC(=O)OC1=O)OCc1ccccc1. The van der Waals surface area contributed by atoms with E-state index in [-0.39, 0.29) is 25.0 Å². The van der Waals surface area contributed by atoms with Crippen LogP contribution in [-0.2, 0) is 37.0 Å². The highest BCUT2D eigenvalue weighted by Gasteiger charge is 2.31. The molecule has 0 saturated carbocycles. The second kappa shape index (κ2) is 29.1. The van der Waals surface area contributed by atoms with Gasteiger partial charge >= 0.3 is 24.2 Å². The Morgan fingerprint density at radius 3 is 1.71 bits per heavy atom. The highest BCUT2D eigenvalue weighted by molar-refractivity contribution is 5.95. The molecule has 2 aromatic carbocycles. The van der Waals surface area contributed by atoms with Gasteiger partial charge in [0.25, 0.3) is 0 Å². The van der Waals surface area contributed by atoms with E-state index in [0.717, 1.165) is 56.3 Å². The number of benzene rings is 2. The van der Waals surface area contributed by atoms with Gasteiger partial charge in [-0.05, 0) is 62.6 Å². The van der Waals surface area contributed by atoms with E-state index >= 15 is 0 Å². The fourth-order valence-electron chi connectivity index (χ4n) is 4.46. The summed E-state index contributed by atoms with van der Waals surface area (Å²) in [5, 5.41) is 10.7. The van der Waals surface area contributed by atoms with Gasteiger partial charge in [-0.1, -0.05) is 101 Å². The molecule has 2 aromatic rings. The fourth-order valence-corrected chi connectivity index (χ4v) is 4.46. The van der Waals surface area contributed by atoms with E-state index in [2.05, 4.69) is 39.9 Å². The molecule has 0 bridgehead atoms. The molecule has 6 N–H and O–H groups in total. The van der Waals surface area contributed by atoms with E-state index in [1.165, 1.54) is 12.8 Å². The number of ether oxygens (including phenoxy) is 3. The Kier molecular flexibility index (Phi) is 25.3. The first-order valence-corrected chi connectivity index (χ1v) is 18.1. The molecule has 0 spiro atoms. The molecule has 1 fully saturated rings. The zero-order valence-corrected chi connectivity index (χ0v) is 30.6. The summed E-state index contributed by atoms with van der Waals surface area (Å²) in [5.74, 6) is -0.397.